The summed E-state index contributed by atoms with van der Waals surface area (Å²) in [6, 6.07) is 20.5. The minimum Gasteiger partial charge on any atom is -0.554 e. The Labute approximate surface area is 304 Å². The van der Waals surface area contributed by atoms with Gasteiger partial charge >= 0.3 is 11.9 Å². The molecule has 280 valence electrons. The number of esters is 2. The lowest BCUT2D eigenvalue weighted by molar-refractivity contribution is -0.956. The average molecular weight is 706 g/mol. The Balaban J connectivity index is 0.00000162. The van der Waals surface area contributed by atoms with Crippen molar-refractivity contribution >= 4 is 18.4 Å². The third-order valence-corrected chi connectivity index (χ3v) is 11.8. The molecule has 0 amide bonds. The fourth-order valence-corrected chi connectivity index (χ4v) is 9.24. The third-order valence-electron chi connectivity index (χ3n) is 11.8. The van der Waals surface area contributed by atoms with Crippen molar-refractivity contribution in [3.63, 3.8) is 0 Å². The molecule has 2 aromatic carbocycles. The Kier molecular flexibility index (Phi) is 14.9. The van der Waals surface area contributed by atoms with Gasteiger partial charge in [0, 0.05) is 64.6 Å². The molecule has 6 rings (SSSR count). The van der Waals surface area contributed by atoms with Crippen LogP contribution in [-0.2, 0) is 38.9 Å². The van der Waals surface area contributed by atoms with Crippen molar-refractivity contribution in [1.82, 2.24) is 0 Å². The van der Waals surface area contributed by atoms with Crippen LogP contribution < -0.4 is 5.11 Å². The summed E-state index contributed by atoms with van der Waals surface area (Å²) in [7, 11) is 0. The fraction of sp³-hybridized carbons (Fsp3) is 0.643. The van der Waals surface area contributed by atoms with Gasteiger partial charge in [-0.3, -0.25) is 4.79 Å². The standard InChI is InChI=1S/C41H58NO6.CH2O2/c1-2-3-4-5-6-7-14-21-38(47-39(43)32-24-28-45-29-25-32)48-41(33-17-10-8-11-18-33,34-19-12-9-13-20-34)40(44)46-37-30-35-22-23-36(31-37)42(35)26-15-16-27-42;2-1-3/h8-13,17-20,32,35-38H,2-7,14-16,21-31H2,1H3;1H,(H,2,3)/q+1;/p-1. The maximum absolute atomic E-state index is 15.0. The van der Waals surface area contributed by atoms with E-state index in [1.807, 2.05) is 60.7 Å². The number of hydrogen-bond donors (Lipinski definition) is 0. The maximum atomic E-state index is 15.0. The smallest absolute Gasteiger partial charge is 0.348 e. The van der Waals surface area contributed by atoms with Crippen LogP contribution in [0.3, 0.4) is 0 Å². The summed E-state index contributed by atoms with van der Waals surface area (Å²) < 4.78 is 26.7. The minimum atomic E-state index is -1.58. The van der Waals surface area contributed by atoms with Crippen LogP contribution >= 0.6 is 0 Å². The van der Waals surface area contributed by atoms with Gasteiger partial charge < -0.3 is 33.3 Å². The van der Waals surface area contributed by atoms with Crippen LogP contribution in [0.4, 0.5) is 0 Å². The number of carboxylic acid groups (broad SMARTS) is 1. The fourth-order valence-electron chi connectivity index (χ4n) is 9.24. The zero-order chi connectivity index (χ0) is 35.9. The summed E-state index contributed by atoms with van der Waals surface area (Å²) in [4.78, 5) is 36.8. The predicted molar refractivity (Wildman–Crippen MR) is 192 cm³/mol. The van der Waals surface area contributed by atoms with Gasteiger partial charge in [0.2, 0.25) is 11.9 Å². The highest BCUT2D eigenvalue weighted by molar-refractivity contribution is 5.86. The van der Waals surface area contributed by atoms with Crippen LogP contribution in [0.15, 0.2) is 60.7 Å². The largest absolute Gasteiger partial charge is 0.554 e. The van der Waals surface area contributed by atoms with Crippen molar-refractivity contribution in [2.75, 3.05) is 26.3 Å². The molecule has 4 heterocycles. The van der Waals surface area contributed by atoms with E-state index in [4.69, 9.17) is 28.8 Å². The number of nitrogens with zero attached hydrogens (tertiary/aromatic N) is 1. The molecule has 0 N–H and O–H groups in total. The van der Waals surface area contributed by atoms with E-state index in [2.05, 4.69) is 6.92 Å². The molecule has 51 heavy (non-hydrogen) atoms. The minimum absolute atomic E-state index is 0.152. The zero-order valence-corrected chi connectivity index (χ0v) is 30.6. The van der Waals surface area contributed by atoms with Crippen LogP contribution in [-0.4, -0.2) is 73.7 Å². The van der Waals surface area contributed by atoms with Gasteiger partial charge in [0.05, 0.1) is 31.1 Å². The number of rotatable bonds is 16. The van der Waals surface area contributed by atoms with Crippen molar-refractivity contribution in [1.29, 1.82) is 0 Å². The molecule has 4 saturated heterocycles. The molecule has 2 aromatic rings. The van der Waals surface area contributed by atoms with E-state index in [0.717, 1.165) is 32.1 Å². The number of carbonyl (C=O) groups excluding carboxylic acids is 3. The Hall–Kier alpha value is -3.27. The van der Waals surface area contributed by atoms with Gasteiger partial charge in [0.25, 0.3) is 0 Å². The lowest BCUT2D eigenvalue weighted by Crippen LogP contribution is -2.60. The van der Waals surface area contributed by atoms with Crippen LogP contribution in [0.5, 0.6) is 0 Å². The van der Waals surface area contributed by atoms with Crippen molar-refractivity contribution in [3.8, 4) is 0 Å². The van der Waals surface area contributed by atoms with E-state index >= 15 is 0 Å². The van der Waals surface area contributed by atoms with Gasteiger partial charge in [-0.15, -0.1) is 0 Å². The second-order valence-electron chi connectivity index (χ2n) is 14.9. The molecule has 0 aromatic heterocycles. The average Bonchev–Trinajstić information content (AvgIpc) is 3.71. The first-order valence-electron chi connectivity index (χ1n) is 19.7. The highest BCUT2D eigenvalue weighted by Crippen LogP contribution is 2.47. The molecule has 4 aliphatic heterocycles. The Morgan fingerprint density at radius 1 is 0.843 bits per heavy atom. The molecule has 0 radical (unpaired) electrons. The van der Waals surface area contributed by atoms with Gasteiger partial charge in [-0.25, -0.2) is 4.79 Å². The predicted octanol–water partition coefficient (Wildman–Crippen LogP) is 6.60. The maximum Gasteiger partial charge on any atom is 0.348 e. The number of benzene rings is 2. The summed E-state index contributed by atoms with van der Waals surface area (Å²) in [6.07, 6.45) is 15.5. The summed E-state index contributed by atoms with van der Waals surface area (Å²) in [5, 5.41) is 8.25. The number of unbranched alkanes of at least 4 members (excludes halogenated alkanes) is 6. The van der Waals surface area contributed by atoms with Crippen LogP contribution in [0.1, 0.15) is 121 Å². The summed E-state index contributed by atoms with van der Waals surface area (Å²) in [6.45, 7) is 5.38. The first kappa shape index (κ1) is 38.9. The van der Waals surface area contributed by atoms with E-state index in [1.54, 1.807) is 0 Å². The van der Waals surface area contributed by atoms with Crippen molar-refractivity contribution in [2.45, 2.75) is 140 Å². The van der Waals surface area contributed by atoms with Crippen LogP contribution in [0.2, 0.25) is 0 Å². The highest BCUT2D eigenvalue weighted by Gasteiger charge is 2.57. The number of piperidine rings is 1. The summed E-state index contributed by atoms with van der Waals surface area (Å²) >= 11 is 0. The van der Waals surface area contributed by atoms with E-state index < -0.39 is 24.3 Å². The Morgan fingerprint density at radius 3 is 1.92 bits per heavy atom. The normalized spacial score (nSPS) is 23.2. The van der Waals surface area contributed by atoms with Gasteiger partial charge in [-0.1, -0.05) is 106 Å². The SMILES string of the molecule is CCCCCCCCCC(OC(=O)C1CCOCC1)OC(C(=O)OC1CC2CCC(C1)[N+]21CCCC1)(c1ccccc1)c1ccccc1.O=C[O-]. The quantitative estimate of drug-likeness (QED) is 0.0632. The molecular weight excluding hydrogens is 646 g/mol. The lowest BCUT2D eigenvalue weighted by Gasteiger charge is -2.47. The molecule has 9 heteroatoms. The first-order valence-corrected chi connectivity index (χ1v) is 19.7. The van der Waals surface area contributed by atoms with Crippen molar-refractivity contribution < 1.29 is 42.9 Å². The molecule has 1 spiro atoms. The van der Waals surface area contributed by atoms with E-state index in [1.165, 1.54) is 68.9 Å². The van der Waals surface area contributed by atoms with Crippen LogP contribution in [0.25, 0.3) is 0 Å². The molecule has 9 nitrogen and oxygen atoms in total. The van der Waals surface area contributed by atoms with Gasteiger partial charge in [-0.05, 0) is 30.4 Å². The monoisotopic (exact) mass is 705 g/mol. The topological polar surface area (TPSA) is 111 Å². The number of ether oxygens (including phenoxy) is 4. The van der Waals surface area contributed by atoms with Gasteiger partial charge in [0.1, 0.15) is 6.10 Å². The lowest BCUT2D eigenvalue weighted by atomic mass is 9.85. The summed E-state index contributed by atoms with van der Waals surface area (Å²) in [5.74, 6) is -0.906. The van der Waals surface area contributed by atoms with E-state index in [0.29, 0.717) is 55.7 Å². The molecule has 0 saturated carbocycles. The number of hydrogen-bond acceptors (Lipinski definition) is 8. The van der Waals surface area contributed by atoms with E-state index in [-0.39, 0.29) is 18.0 Å². The number of carbonyl (C=O) groups is 3. The number of quaternary nitrogens is 1. The van der Waals surface area contributed by atoms with Crippen molar-refractivity contribution in [3.05, 3.63) is 71.8 Å². The first-order chi connectivity index (χ1) is 25.0. The molecule has 4 aliphatic rings. The van der Waals surface area contributed by atoms with Crippen molar-refractivity contribution in [2.24, 2.45) is 5.92 Å². The molecule has 2 bridgehead atoms. The zero-order valence-electron chi connectivity index (χ0n) is 30.6. The molecule has 3 atom stereocenters. The Morgan fingerprint density at radius 2 is 1.37 bits per heavy atom. The summed E-state index contributed by atoms with van der Waals surface area (Å²) in [5.41, 5.74) is -0.204. The van der Waals surface area contributed by atoms with Gasteiger partial charge in [0.15, 0.2) is 0 Å². The Bertz CT molecular complexity index is 1290. The highest BCUT2D eigenvalue weighted by atomic mass is 16.7. The van der Waals surface area contributed by atoms with E-state index in [9.17, 15) is 9.59 Å². The molecule has 3 unspecified atom stereocenters. The third kappa shape index (κ3) is 9.59. The second kappa shape index (κ2) is 19.5. The molecule has 0 aliphatic carbocycles. The molecular formula is C42H59NO8. The van der Waals surface area contributed by atoms with Gasteiger partial charge in [-0.2, -0.15) is 0 Å². The molecule has 4 fully saturated rings. The second-order valence-corrected chi connectivity index (χ2v) is 14.9. The van der Waals surface area contributed by atoms with Crippen LogP contribution in [0, 0.1) is 5.92 Å².